The molecule has 2 aromatic rings. The van der Waals surface area contributed by atoms with Crippen molar-refractivity contribution in [3.05, 3.63) is 48.2 Å². The van der Waals surface area contributed by atoms with Crippen molar-refractivity contribution in [3.8, 4) is 0 Å². The summed E-state index contributed by atoms with van der Waals surface area (Å²) >= 11 is 0. The number of rotatable bonds is 5. The molecular weight excluding hydrogens is 330 g/mol. The summed E-state index contributed by atoms with van der Waals surface area (Å²) in [5.41, 5.74) is -0.130. The molecule has 0 bridgehead atoms. The molecule has 0 amide bonds. The number of hydrogen-bond acceptors (Lipinski definition) is 4. The Bertz CT molecular complexity index is 761. The van der Waals surface area contributed by atoms with Gasteiger partial charge in [0.25, 0.3) is 0 Å². The molecule has 6 nitrogen and oxygen atoms in total. The number of carboxylic acids is 1. The number of aliphatic carboxylic acids is 1. The molecule has 0 spiro atoms. The Morgan fingerprint density at radius 1 is 1.35 bits per heavy atom. The molecule has 0 unspecified atom stereocenters. The van der Waals surface area contributed by atoms with Gasteiger partial charge in [-0.2, -0.15) is 5.10 Å². The fraction of sp³-hybridized carbons (Fsp3) is 0.500. The minimum absolute atomic E-state index is 0.0949. The first-order valence-electron chi connectivity index (χ1n) is 9.04. The van der Waals surface area contributed by atoms with Gasteiger partial charge in [0.05, 0.1) is 12.0 Å². The van der Waals surface area contributed by atoms with E-state index >= 15 is 0 Å². The van der Waals surface area contributed by atoms with Crippen LogP contribution in [0, 0.1) is 0 Å². The summed E-state index contributed by atoms with van der Waals surface area (Å²) in [4.78, 5) is 14.4. The van der Waals surface area contributed by atoms with Crippen LogP contribution in [0.4, 0.5) is 0 Å². The van der Waals surface area contributed by atoms with Crippen LogP contribution in [0.5, 0.6) is 0 Å². The number of likely N-dealkylation sites (tertiary alicyclic amines) is 1. The lowest BCUT2D eigenvalue weighted by Gasteiger charge is -2.38. The molecule has 0 radical (unpaired) electrons. The Labute approximate surface area is 154 Å². The van der Waals surface area contributed by atoms with Gasteiger partial charge in [-0.1, -0.05) is 26.8 Å². The van der Waals surface area contributed by atoms with E-state index in [-0.39, 0.29) is 5.41 Å². The second kappa shape index (κ2) is 7.11. The fourth-order valence-electron chi connectivity index (χ4n) is 3.31. The quantitative estimate of drug-likeness (QED) is 0.888. The van der Waals surface area contributed by atoms with Gasteiger partial charge in [0, 0.05) is 31.2 Å². The highest BCUT2D eigenvalue weighted by atomic mass is 16.4. The van der Waals surface area contributed by atoms with E-state index in [1.165, 1.54) is 0 Å². The highest BCUT2D eigenvalue weighted by Crippen LogP contribution is 2.32. The molecule has 3 heterocycles. The minimum Gasteiger partial charge on any atom is -0.479 e. The first-order chi connectivity index (χ1) is 12.3. The second-order valence-corrected chi connectivity index (χ2v) is 7.95. The summed E-state index contributed by atoms with van der Waals surface area (Å²) in [6.07, 6.45) is 8.56. The normalized spacial score (nSPS) is 18.4. The number of furan rings is 1. The Balaban J connectivity index is 1.67. The maximum atomic E-state index is 12.1. The third kappa shape index (κ3) is 3.75. The van der Waals surface area contributed by atoms with E-state index in [4.69, 9.17) is 4.42 Å². The number of hydrogen-bond donors (Lipinski definition) is 1. The largest absolute Gasteiger partial charge is 0.479 e. The highest BCUT2D eigenvalue weighted by molar-refractivity contribution is 5.76. The molecule has 1 aliphatic rings. The van der Waals surface area contributed by atoms with Gasteiger partial charge in [-0.25, -0.2) is 4.79 Å². The number of piperidine rings is 1. The second-order valence-electron chi connectivity index (χ2n) is 7.95. The van der Waals surface area contributed by atoms with E-state index in [1.807, 2.05) is 30.5 Å². The topological polar surface area (TPSA) is 71.5 Å². The summed E-state index contributed by atoms with van der Waals surface area (Å²) in [7, 11) is 0. The van der Waals surface area contributed by atoms with Gasteiger partial charge in [-0.05, 0) is 37.1 Å². The predicted octanol–water partition coefficient (Wildman–Crippen LogP) is 3.36. The maximum absolute atomic E-state index is 12.1. The predicted molar refractivity (Wildman–Crippen MR) is 100.0 cm³/mol. The number of carbonyl (C=O) groups is 1. The van der Waals surface area contributed by atoms with E-state index < -0.39 is 11.5 Å². The van der Waals surface area contributed by atoms with E-state index in [9.17, 15) is 9.90 Å². The van der Waals surface area contributed by atoms with Crippen LogP contribution in [-0.4, -0.2) is 45.4 Å². The van der Waals surface area contributed by atoms with Gasteiger partial charge in [0.15, 0.2) is 5.54 Å². The number of nitrogens with zero attached hydrogens (tertiary/aromatic N) is 3. The van der Waals surface area contributed by atoms with E-state index in [0.29, 0.717) is 12.8 Å². The van der Waals surface area contributed by atoms with Crippen LogP contribution in [0.25, 0.3) is 6.08 Å². The van der Waals surface area contributed by atoms with Crippen LogP contribution in [-0.2, 0) is 15.7 Å². The van der Waals surface area contributed by atoms with Gasteiger partial charge in [-0.15, -0.1) is 0 Å². The first-order valence-corrected chi connectivity index (χ1v) is 9.04. The third-order valence-corrected chi connectivity index (χ3v) is 5.07. The van der Waals surface area contributed by atoms with Gasteiger partial charge in [0.1, 0.15) is 5.76 Å². The molecule has 0 saturated carbocycles. The van der Waals surface area contributed by atoms with Crippen molar-refractivity contribution < 1.29 is 14.3 Å². The average Bonchev–Trinajstić information content (AvgIpc) is 3.27. The molecule has 3 rings (SSSR count). The van der Waals surface area contributed by atoms with Crippen LogP contribution in [0.1, 0.15) is 45.1 Å². The zero-order valence-corrected chi connectivity index (χ0v) is 15.7. The molecule has 0 atom stereocenters. The molecule has 1 aliphatic heterocycles. The Hall–Kier alpha value is -2.34. The van der Waals surface area contributed by atoms with Crippen molar-refractivity contribution in [2.75, 3.05) is 19.6 Å². The zero-order valence-electron chi connectivity index (χ0n) is 15.7. The SMILES string of the molecule is CC(C)(C)c1ccn(C2(C(=O)O)CCN(C/C=C/c3ccco3)CC2)n1. The molecule has 1 saturated heterocycles. The molecule has 1 N–H and O–H groups in total. The van der Waals surface area contributed by atoms with Crippen LogP contribution in [0.15, 0.2) is 41.2 Å². The van der Waals surface area contributed by atoms with Crippen LogP contribution >= 0.6 is 0 Å². The third-order valence-electron chi connectivity index (χ3n) is 5.07. The van der Waals surface area contributed by atoms with Gasteiger partial charge in [0.2, 0.25) is 0 Å². The van der Waals surface area contributed by atoms with E-state index in [1.54, 1.807) is 10.9 Å². The minimum atomic E-state index is -0.954. The van der Waals surface area contributed by atoms with Crippen molar-refractivity contribution in [2.24, 2.45) is 0 Å². The van der Waals surface area contributed by atoms with Crippen molar-refractivity contribution >= 4 is 12.0 Å². The summed E-state index contributed by atoms with van der Waals surface area (Å²) in [5, 5.41) is 14.5. The van der Waals surface area contributed by atoms with E-state index in [0.717, 1.165) is 31.1 Å². The van der Waals surface area contributed by atoms with E-state index in [2.05, 4.69) is 36.8 Å². The highest BCUT2D eigenvalue weighted by Gasteiger charge is 2.44. The average molecular weight is 357 g/mol. The van der Waals surface area contributed by atoms with Gasteiger partial charge in [-0.3, -0.25) is 9.58 Å². The lowest BCUT2D eigenvalue weighted by atomic mass is 9.87. The lowest BCUT2D eigenvalue weighted by molar-refractivity contribution is -0.151. The Kier molecular flexibility index (Phi) is 5.05. The van der Waals surface area contributed by atoms with Crippen LogP contribution < -0.4 is 0 Å². The monoisotopic (exact) mass is 357 g/mol. The summed E-state index contributed by atoms with van der Waals surface area (Å²) < 4.78 is 6.95. The molecule has 140 valence electrons. The van der Waals surface area contributed by atoms with Crippen LogP contribution in [0.2, 0.25) is 0 Å². The molecule has 6 heteroatoms. The Morgan fingerprint density at radius 3 is 2.62 bits per heavy atom. The van der Waals surface area contributed by atoms with Crippen molar-refractivity contribution in [3.63, 3.8) is 0 Å². The Morgan fingerprint density at radius 2 is 2.08 bits per heavy atom. The van der Waals surface area contributed by atoms with Crippen molar-refractivity contribution in [1.82, 2.24) is 14.7 Å². The molecule has 0 aliphatic carbocycles. The molecular formula is C20H27N3O3. The fourth-order valence-corrected chi connectivity index (χ4v) is 3.31. The smallest absolute Gasteiger partial charge is 0.331 e. The first kappa shape index (κ1) is 18.5. The summed E-state index contributed by atoms with van der Waals surface area (Å²) in [5.74, 6) is 0.0278. The standard InChI is InChI=1S/C20H27N3O3/c1-19(2,3)17-8-12-23(21-17)20(18(24)25)9-13-22(14-10-20)11-4-6-16-7-5-15-26-16/h4-8,12,15H,9-11,13-14H2,1-3H3,(H,24,25)/b6-4+. The van der Waals surface area contributed by atoms with Crippen molar-refractivity contribution in [2.45, 2.75) is 44.6 Å². The zero-order chi connectivity index (χ0) is 18.8. The number of carboxylic acid groups (broad SMARTS) is 1. The molecule has 26 heavy (non-hydrogen) atoms. The van der Waals surface area contributed by atoms with Crippen LogP contribution in [0.3, 0.4) is 0 Å². The lowest BCUT2D eigenvalue weighted by Crippen LogP contribution is -2.51. The summed E-state index contributed by atoms with van der Waals surface area (Å²) in [6, 6.07) is 5.70. The maximum Gasteiger partial charge on any atom is 0.331 e. The molecule has 2 aromatic heterocycles. The van der Waals surface area contributed by atoms with Gasteiger partial charge < -0.3 is 9.52 Å². The summed E-state index contributed by atoms with van der Waals surface area (Å²) in [6.45, 7) is 8.48. The molecule has 1 fully saturated rings. The van der Waals surface area contributed by atoms with Crippen molar-refractivity contribution in [1.29, 1.82) is 0 Å². The van der Waals surface area contributed by atoms with Gasteiger partial charge >= 0.3 is 5.97 Å². The number of aromatic nitrogens is 2. The molecule has 0 aromatic carbocycles.